The minimum atomic E-state index is 0.461. The number of rotatable bonds is 3. The standard InChI is InChI=1S/C17H16Cl2N6/c18-14-2-1-11(5-15(14)19)7-24-8-13-6-12(24)9-25(13)16-17-22-21-10-23(17)4-3-20-16/h1-5,10,12-13H,6-9H2. The maximum Gasteiger partial charge on any atom is 0.203 e. The second-order valence-corrected chi connectivity index (χ2v) is 7.50. The molecular formula is C17H16Cl2N6. The number of piperazine rings is 1. The molecule has 0 aliphatic carbocycles. The molecule has 0 N–H and O–H groups in total. The molecule has 0 saturated carbocycles. The fraction of sp³-hybridized carbons (Fsp3) is 0.353. The van der Waals surface area contributed by atoms with E-state index in [0.29, 0.717) is 22.1 Å². The van der Waals surface area contributed by atoms with Gasteiger partial charge in [0.15, 0.2) is 5.82 Å². The van der Waals surface area contributed by atoms with Crippen LogP contribution in [0.25, 0.3) is 5.65 Å². The minimum absolute atomic E-state index is 0.461. The van der Waals surface area contributed by atoms with Gasteiger partial charge < -0.3 is 4.90 Å². The van der Waals surface area contributed by atoms with Crippen LogP contribution in [0.2, 0.25) is 10.0 Å². The maximum atomic E-state index is 6.14. The molecule has 2 atom stereocenters. The van der Waals surface area contributed by atoms with Gasteiger partial charge >= 0.3 is 0 Å². The summed E-state index contributed by atoms with van der Waals surface area (Å²) in [5, 5.41) is 9.44. The molecule has 6 nitrogen and oxygen atoms in total. The Kier molecular flexibility index (Phi) is 3.58. The lowest BCUT2D eigenvalue weighted by atomic mass is 10.2. The first-order valence-corrected chi connectivity index (χ1v) is 9.03. The number of benzene rings is 1. The fourth-order valence-corrected chi connectivity index (χ4v) is 4.34. The van der Waals surface area contributed by atoms with E-state index in [1.54, 1.807) is 6.33 Å². The number of halogens is 2. The molecule has 3 aromatic rings. The van der Waals surface area contributed by atoms with Crippen LogP contribution in [-0.2, 0) is 6.54 Å². The largest absolute Gasteiger partial charge is 0.348 e. The van der Waals surface area contributed by atoms with Crippen molar-refractivity contribution in [3.05, 3.63) is 52.5 Å². The van der Waals surface area contributed by atoms with Crippen molar-refractivity contribution in [2.24, 2.45) is 0 Å². The number of nitrogens with zero attached hydrogens (tertiary/aromatic N) is 6. The van der Waals surface area contributed by atoms with Crippen molar-refractivity contribution in [1.29, 1.82) is 0 Å². The van der Waals surface area contributed by atoms with Crippen LogP contribution < -0.4 is 4.90 Å². The summed E-state index contributed by atoms with van der Waals surface area (Å²) in [6.07, 6.45) is 6.55. The van der Waals surface area contributed by atoms with Crippen LogP contribution in [0, 0.1) is 0 Å². The molecule has 0 radical (unpaired) electrons. The maximum absolute atomic E-state index is 6.14. The van der Waals surface area contributed by atoms with E-state index in [1.807, 2.05) is 28.9 Å². The van der Waals surface area contributed by atoms with E-state index in [9.17, 15) is 0 Å². The van der Waals surface area contributed by atoms with Crippen LogP contribution in [0.15, 0.2) is 36.9 Å². The predicted molar refractivity (Wildman–Crippen MR) is 97.2 cm³/mol. The number of hydrogen-bond acceptors (Lipinski definition) is 5. The molecule has 2 unspecified atom stereocenters. The molecule has 0 spiro atoms. The smallest absolute Gasteiger partial charge is 0.203 e. The Morgan fingerprint density at radius 2 is 2.04 bits per heavy atom. The highest BCUT2D eigenvalue weighted by molar-refractivity contribution is 6.42. The quantitative estimate of drug-likeness (QED) is 0.705. The first kappa shape index (κ1) is 15.4. The molecule has 2 aliphatic rings. The highest BCUT2D eigenvalue weighted by atomic mass is 35.5. The first-order valence-electron chi connectivity index (χ1n) is 8.28. The molecule has 128 valence electrons. The third kappa shape index (κ3) is 2.56. The number of fused-ring (bicyclic) bond motifs is 3. The SMILES string of the molecule is Clc1ccc(CN2CC3CC2CN3c2nccn3cnnc23)cc1Cl. The summed E-state index contributed by atoms with van der Waals surface area (Å²) in [6, 6.07) is 6.87. The molecule has 2 aromatic heterocycles. The summed E-state index contributed by atoms with van der Waals surface area (Å²) in [6.45, 7) is 2.88. The van der Waals surface area contributed by atoms with Gasteiger partial charge in [-0.05, 0) is 24.1 Å². The molecular weight excluding hydrogens is 359 g/mol. The zero-order valence-electron chi connectivity index (χ0n) is 13.4. The molecule has 2 bridgehead atoms. The Bertz CT molecular complexity index is 942. The summed E-state index contributed by atoms with van der Waals surface area (Å²) in [5.74, 6) is 0.932. The van der Waals surface area contributed by atoms with Gasteiger partial charge in [-0.1, -0.05) is 29.3 Å². The Morgan fingerprint density at radius 1 is 1.12 bits per heavy atom. The highest BCUT2D eigenvalue weighted by Gasteiger charge is 2.44. The van der Waals surface area contributed by atoms with Crippen molar-refractivity contribution in [2.75, 3.05) is 18.0 Å². The zero-order valence-corrected chi connectivity index (χ0v) is 14.9. The highest BCUT2D eigenvalue weighted by Crippen LogP contribution is 2.36. The predicted octanol–water partition coefficient (Wildman–Crippen LogP) is 2.89. The Hall–Kier alpha value is -1.89. The monoisotopic (exact) mass is 374 g/mol. The molecule has 25 heavy (non-hydrogen) atoms. The molecule has 4 heterocycles. The van der Waals surface area contributed by atoms with Gasteiger partial charge in [0.1, 0.15) is 6.33 Å². The van der Waals surface area contributed by atoms with E-state index in [1.165, 1.54) is 5.56 Å². The van der Waals surface area contributed by atoms with Crippen LogP contribution in [-0.4, -0.2) is 49.7 Å². The first-order chi connectivity index (χ1) is 12.2. The van der Waals surface area contributed by atoms with Crippen LogP contribution in [0.3, 0.4) is 0 Å². The van der Waals surface area contributed by atoms with Crippen molar-refractivity contribution in [1.82, 2.24) is 24.5 Å². The molecule has 2 saturated heterocycles. The number of likely N-dealkylation sites (tertiary alicyclic amines) is 1. The van der Waals surface area contributed by atoms with Crippen molar-refractivity contribution in [2.45, 2.75) is 25.0 Å². The van der Waals surface area contributed by atoms with Crippen molar-refractivity contribution < 1.29 is 0 Å². The van der Waals surface area contributed by atoms with Crippen molar-refractivity contribution in [3.8, 4) is 0 Å². The Morgan fingerprint density at radius 3 is 2.84 bits per heavy atom. The molecule has 0 amide bonds. The Labute approximate surface area is 155 Å². The van der Waals surface area contributed by atoms with E-state index >= 15 is 0 Å². The number of hydrogen-bond donors (Lipinski definition) is 0. The Balaban J connectivity index is 1.35. The average Bonchev–Trinajstić information content (AvgIpc) is 3.32. The number of anilines is 1. The van der Waals surface area contributed by atoms with Gasteiger partial charge in [-0.25, -0.2) is 4.98 Å². The van der Waals surface area contributed by atoms with Gasteiger partial charge in [0.2, 0.25) is 5.65 Å². The van der Waals surface area contributed by atoms with Gasteiger partial charge in [-0.15, -0.1) is 10.2 Å². The normalized spacial score (nSPS) is 23.0. The van der Waals surface area contributed by atoms with Gasteiger partial charge in [0.25, 0.3) is 0 Å². The third-order valence-electron chi connectivity index (χ3n) is 5.19. The molecule has 2 fully saturated rings. The van der Waals surface area contributed by atoms with Crippen LogP contribution in [0.4, 0.5) is 5.82 Å². The number of aromatic nitrogens is 4. The second kappa shape index (κ2) is 5.83. The minimum Gasteiger partial charge on any atom is -0.348 e. The third-order valence-corrected chi connectivity index (χ3v) is 5.93. The van der Waals surface area contributed by atoms with E-state index in [-0.39, 0.29) is 0 Å². The van der Waals surface area contributed by atoms with E-state index in [2.05, 4.69) is 31.0 Å². The second-order valence-electron chi connectivity index (χ2n) is 6.69. The van der Waals surface area contributed by atoms with Gasteiger partial charge in [0, 0.05) is 44.1 Å². The van der Waals surface area contributed by atoms with Crippen LogP contribution in [0.5, 0.6) is 0 Å². The summed E-state index contributed by atoms with van der Waals surface area (Å²) >= 11 is 12.2. The van der Waals surface area contributed by atoms with E-state index in [0.717, 1.165) is 37.5 Å². The fourth-order valence-electron chi connectivity index (χ4n) is 4.02. The molecule has 1 aromatic carbocycles. The molecule has 8 heteroatoms. The topological polar surface area (TPSA) is 49.6 Å². The van der Waals surface area contributed by atoms with Gasteiger partial charge in [0.05, 0.1) is 10.0 Å². The lowest BCUT2D eigenvalue weighted by molar-refractivity contribution is 0.230. The molecule has 5 rings (SSSR count). The summed E-state index contributed by atoms with van der Waals surface area (Å²) in [5.41, 5.74) is 2.03. The summed E-state index contributed by atoms with van der Waals surface area (Å²) in [4.78, 5) is 9.46. The van der Waals surface area contributed by atoms with E-state index in [4.69, 9.17) is 23.2 Å². The van der Waals surface area contributed by atoms with E-state index < -0.39 is 0 Å². The lowest BCUT2D eigenvalue weighted by Crippen LogP contribution is -2.46. The van der Waals surface area contributed by atoms with Crippen LogP contribution in [0.1, 0.15) is 12.0 Å². The van der Waals surface area contributed by atoms with Crippen molar-refractivity contribution in [3.63, 3.8) is 0 Å². The van der Waals surface area contributed by atoms with Crippen molar-refractivity contribution >= 4 is 34.7 Å². The zero-order chi connectivity index (χ0) is 17.0. The van der Waals surface area contributed by atoms with Gasteiger partial charge in [-0.2, -0.15) is 0 Å². The summed E-state index contributed by atoms with van der Waals surface area (Å²) < 4.78 is 1.92. The molecule has 2 aliphatic heterocycles. The lowest BCUT2D eigenvalue weighted by Gasteiger charge is -2.34. The summed E-state index contributed by atoms with van der Waals surface area (Å²) in [7, 11) is 0. The van der Waals surface area contributed by atoms with Gasteiger partial charge in [-0.3, -0.25) is 9.30 Å². The average molecular weight is 375 g/mol. The van der Waals surface area contributed by atoms with Crippen LogP contribution >= 0.6 is 23.2 Å².